The molecule has 0 unspecified atom stereocenters. The van der Waals surface area contributed by atoms with Crippen molar-refractivity contribution in [2.45, 2.75) is 37.8 Å². The highest BCUT2D eigenvalue weighted by atomic mass is 16.5. The number of likely N-dealkylation sites (tertiary alicyclic amines) is 1. The highest BCUT2D eigenvalue weighted by Crippen LogP contribution is 2.33. The SMILES string of the molecule is C=CC(=O)NC1CN(C2CCC(COc3cc(-c4cnn(C)c4)cn4ncc(C#N)c34)CC2)C1. The first-order chi connectivity index (χ1) is 16.5. The first-order valence-corrected chi connectivity index (χ1v) is 11.7. The van der Waals surface area contributed by atoms with E-state index in [1.807, 2.05) is 31.7 Å². The normalized spacial score (nSPS) is 21.1. The van der Waals surface area contributed by atoms with Crippen molar-refractivity contribution >= 4 is 11.4 Å². The number of hydrogen-bond donors (Lipinski definition) is 1. The lowest BCUT2D eigenvalue weighted by atomic mass is 9.84. The average molecular weight is 460 g/mol. The van der Waals surface area contributed by atoms with Crippen molar-refractivity contribution in [1.82, 2.24) is 29.6 Å². The Labute approximate surface area is 198 Å². The Morgan fingerprint density at radius 3 is 2.71 bits per heavy atom. The summed E-state index contributed by atoms with van der Waals surface area (Å²) in [4.78, 5) is 13.9. The van der Waals surface area contributed by atoms with Crippen LogP contribution < -0.4 is 10.1 Å². The average Bonchev–Trinajstić information content (AvgIpc) is 3.45. The molecule has 1 aliphatic carbocycles. The van der Waals surface area contributed by atoms with Crippen molar-refractivity contribution in [3.8, 4) is 22.9 Å². The number of fused-ring (bicyclic) bond motifs is 1. The fourth-order valence-electron chi connectivity index (χ4n) is 5.05. The van der Waals surface area contributed by atoms with E-state index >= 15 is 0 Å². The van der Waals surface area contributed by atoms with Crippen LogP contribution in [-0.2, 0) is 11.8 Å². The summed E-state index contributed by atoms with van der Waals surface area (Å²) in [6.07, 6.45) is 13.1. The summed E-state index contributed by atoms with van der Waals surface area (Å²) in [6, 6.07) is 5.03. The standard InChI is InChI=1S/C25H29N7O2/c1-3-24(33)29-21-14-31(15-21)22-6-4-17(5-7-22)16-34-23-8-18(20-11-27-30(2)12-20)13-32-25(23)19(9-26)10-28-32/h3,8,10-13,17,21-22H,1,4-7,14-16H2,2H3,(H,29,33). The van der Waals surface area contributed by atoms with Crippen LogP contribution in [0, 0.1) is 17.2 Å². The van der Waals surface area contributed by atoms with Crippen LogP contribution in [0.2, 0.25) is 0 Å². The van der Waals surface area contributed by atoms with Crippen molar-refractivity contribution < 1.29 is 9.53 Å². The summed E-state index contributed by atoms with van der Waals surface area (Å²) in [6.45, 7) is 5.97. The molecule has 1 saturated heterocycles. The summed E-state index contributed by atoms with van der Waals surface area (Å²) >= 11 is 0. The summed E-state index contributed by atoms with van der Waals surface area (Å²) in [5.41, 5.74) is 3.13. The predicted octanol–water partition coefficient (Wildman–Crippen LogP) is 2.53. The van der Waals surface area contributed by atoms with Gasteiger partial charge in [-0.2, -0.15) is 15.5 Å². The van der Waals surface area contributed by atoms with Gasteiger partial charge in [0.15, 0.2) is 0 Å². The molecule has 9 nitrogen and oxygen atoms in total. The van der Waals surface area contributed by atoms with Gasteiger partial charge in [-0.1, -0.05) is 6.58 Å². The van der Waals surface area contributed by atoms with E-state index in [-0.39, 0.29) is 11.9 Å². The molecule has 0 bridgehead atoms. The molecule has 2 aliphatic rings. The molecule has 3 aromatic heterocycles. The van der Waals surface area contributed by atoms with Gasteiger partial charge in [0.1, 0.15) is 22.9 Å². The zero-order chi connectivity index (χ0) is 23.7. The molecular formula is C25H29N7O2. The van der Waals surface area contributed by atoms with Crippen molar-refractivity contribution in [2.24, 2.45) is 13.0 Å². The minimum Gasteiger partial charge on any atom is -0.491 e. The zero-order valence-corrected chi connectivity index (χ0v) is 19.4. The largest absolute Gasteiger partial charge is 0.491 e. The van der Waals surface area contributed by atoms with Gasteiger partial charge in [-0.25, -0.2) is 4.52 Å². The fourth-order valence-corrected chi connectivity index (χ4v) is 5.05. The van der Waals surface area contributed by atoms with Gasteiger partial charge >= 0.3 is 0 Å². The van der Waals surface area contributed by atoms with E-state index < -0.39 is 0 Å². The van der Waals surface area contributed by atoms with Crippen LogP contribution in [0.1, 0.15) is 31.2 Å². The first kappa shape index (κ1) is 22.2. The molecule has 0 aromatic carbocycles. The second kappa shape index (κ2) is 9.31. The van der Waals surface area contributed by atoms with E-state index in [2.05, 4.69) is 33.1 Å². The highest BCUT2D eigenvalue weighted by Gasteiger charge is 2.35. The molecule has 176 valence electrons. The lowest BCUT2D eigenvalue weighted by molar-refractivity contribution is -0.118. The van der Waals surface area contributed by atoms with Gasteiger partial charge in [0.25, 0.3) is 0 Å². The van der Waals surface area contributed by atoms with Crippen molar-refractivity contribution in [1.29, 1.82) is 5.26 Å². The molecular weight excluding hydrogens is 430 g/mol. The van der Waals surface area contributed by atoms with Crippen LogP contribution >= 0.6 is 0 Å². The van der Waals surface area contributed by atoms with Crippen LogP contribution in [0.25, 0.3) is 16.6 Å². The third kappa shape index (κ3) is 4.41. The Morgan fingerprint density at radius 2 is 2.03 bits per heavy atom. The lowest BCUT2D eigenvalue weighted by Gasteiger charge is -2.46. The summed E-state index contributed by atoms with van der Waals surface area (Å²) < 4.78 is 9.81. The molecule has 5 rings (SSSR count). The topological polar surface area (TPSA) is 100 Å². The van der Waals surface area contributed by atoms with Gasteiger partial charge in [-0.05, 0) is 43.7 Å². The first-order valence-electron chi connectivity index (χ1n) is 11.7. The molecule has 0 atom stereocenters. The third-order valence-electron chi connectivity index (χ3n) is 6.98. The maximum atomic E-state index is 11.4. The molecule has 2 fully saturated rings. The lowest BCUT2D eigenvalue weighted by Crippen LogP contribution is -2.62. The Bertz CT molecular complexity index is 1240. The maximum absolute atomic E-state index is 11.4. The Hall–Kier alpha value is -3.64. The number of ether oxygens (including phenoxy) is 1. The smallest absolute Gasteiger partial charge is 0.243 e. The summed E-state index contributed by atoms with van der Waals surface area (Å²) in [5, 5.41) is 21.1. The predicted molar refractivity (Wildman–Crippen MR) is 127 cm³/mol. The number of hydrogen-bond acceptors (Lipinski definition) is 6. The summed E-state index contributed by atoms with van der Waals surface area (Å²) in [5.74, 6) is 1.07. The van der Waals surface area contributed by atoms with Crippen molar-refractivity contribution in [3.63, 3.8) is 0 Å². The van der Waals surface area contributed by atoms with E-state index in [1.165, 1.54) is 6.08 Å². The number of nitriles is 1. The monoisotopic (exact) mass is 459 g/mol. The highest BCUT2D eigenvalue weighted by molar-refractivity contribution is 5.87. The molecule has 9 heteroatoms. The van der Waals surface area contributed by atoms with Crippen LogP contribution in [0.4, 0.5) is 0 Å². The molecule has 1 saturated carbocycles. The van der Waals surface area contributed by atoms with E-state index in [0.29, 0.717) is 35.4 Å². The number of carbonyl (C=O) groups excluding carboxylic acids is 1. The molecule has 4 heterocycles. The van der Waals surface area contributed by atoms with E-state index in [4.69, 9.17) is 4.74 Å². The van der Waals surface area contributed by atoms with Crippen molar-refractivity contribution in [3.05, 3.63) is 49.1 Å². The minimum atomic E-state index is -0.0926. The Morgan fingerprint density at radius 1 is 1.24 bits per heavy atom. The molecule has 0 radical (unpaired) electrons. The third-order valence-corrected chi connectivity index (χ3v) is 6.98. The molecule has 1 aliphatic heterocycles. The molecule has 34 heavy (non-hydrogen) atoms. The molecule has 0 spiro atoms. The minimum absolute atomic E-state index is 0.0926. The maximum Gasteiger partial charge on any atom is 0.243 e. The number of amides is 1. The number of nitrogens with zero attached hydrogens (tertiary/aromatic N) is 6. The zero-order valence-electron chi connectivity index (χ0n) is 19.4. The van der Waals surface area contributed by atoms with Gasteiger partial charge in [-0.3, -0.25) is 14.4 Å². The van der Waals surface area contributed by atoms with Gasteiger partial charge in [0, 0.05) is 49.7 Å². The second-order valence-corrected chi connectivity index (χ2v) is 9.31. The number of carbonyl (C=O) groups is 1. The number of rotatable bonds is 7. The summed E-state index contributed by atoms with van der Waals surface area (Å²) in [7, 11) is 1.88. The second-order valence-electron chi connectivity index (χ2n) is 9.31. The molecule has 1 amide bonds. The quantitative estimate of drug-likeness (QED) is 0.545. The van der Waals surface area contributed by atoms with Crippen LogP contribution in [0.5, 0.6) is 5.75 Å². The van der Waals surface area contributed by atoms with E-state index in [0.717, 1.165) is 49.9 Å². The van der Waals surface area contributed by atoms with Gasteiger partial charge in [0.2, 0.25) is 5.91 Å². The molecule has 3 aromatic rings. The van der Waals surface area contributed by atoms with E-state index in [1.54, 1.807) is 15.4 Å². The van der Waals surface area contributed by atoms with Crippen LogP contribution in [0.15, 0.2) is 43.5 Å². The van der Waals surface area contributed by atoms with E-state index in [9.17, 15) is 10.1 Å². The fraction of sp³-hybridized carbons (Fsp3) is 0.440. The Kier molecular flexibility index (Phi) is 6.07. The van der Waals surface area contributed by atoms with Gasteiger partial charge < -0.3 is 10.1 Å². The van der Waals surface area contributed by atoms with Gasteiger partial charge in [0.05, 0.1) is 25.0 Å². The number of aromatic nitrogens is 4. The van der Waals surface area contributed by atoms with Crippen LogP contribution in [0.3, 0.4) is 0 Å². The Balaban J connectivity index is 1.21. The number of pyridine rings is 1. The van der Waals surface area contributed by atoms with Gasteiger partial charge in [-0.15, -0.1) is 0 Å². The number of nitrogens with one attached hydrogen (secondary N) is 1. The van der Waals surface area contributed by atoms with Crippen LogP contribution in [-0.4, -0.2) is 62.0 Å². The van der Waals surface area contributed by atoms with Crippen molar-refractivity contribution in [2.75, 3.05) is 19.7 Å². The number of aryl methyl sites for hydroxylation is 1. The molecule has 1 N–H and O–H groups in total.